The fourth-order valence-electron chi connectivity index (χ4n) is 1.38. The van der Waals surface area contributed by atoms with Gasteiger partial charge in [0.25, 0.3) is 0 Å². The highest BCUT2D eigenvalue weighted by Gasteiger charge is 1.97. The minimum Gasteiger partial charge on any atom is -0.295 e. The molecule has 0 saturated carbocycles. The van der Waals surface area contributed by atoms with Gasteiger partial charge in [-0.2, -0.15) is 0 Å². The second kappa shape index (κ2) is 6.99. The topological polar surface area (TPSA) is 17.1 Å². The second-order valence-electron chi connectivity index (χ2n) is 3.64. The normalized spacial score (nSPS) is 10.7. The van der Waals surface area contributed by atoms with E-state index in [9.17, 15) is 4.79 Å². The first-order valence-corrected chi connectivity index (χ1v) is 5.56. The Hall–Kier alpha value is -1.37. The van der Waals surface area contributed by atoms with Crippen LogP contribution in [-0.2, 0) is 11.2 Å². The van der Waals surface area contributed by atoms with Crippen molar-refractivity contribution in [3.05, 3.63) is 48.0 Å². The van der Waals surface area contributed by atoms with Crippen LogP contribution < -0.4 is 0 Å². The molecule has 0 aliphatic rings. The number of rotatable bonds is 6. The Balaban J connectivity index is 2.28. The molecule has 0 heterocycles. The van der Waals surface area contributed by atoms with E-state index in [0.717, 1.165) is 19.3 Å². The van der Waals surface area contributed by atoms with E-state index in [1.165, 1.54) is 5.56 Å². The highest BCUT2D eigenvalue weighted by molar-refractivity contribution is 5.89. The summed E-state index contributed by atoms with van der Waals surface area (Å²) in [5.74, 6) is 0.229. The lowest BCUT2D eigenvalue weighted by Crippen LogP contribution is -1.95. The average Bonchev–Trinajstić information content (AvgIpc) is 2.28. The lowest BCUT2D eigenvalue weighted by Gasteiger charge is -1.97. The molecule has 1 aromatic carbocycles. The molecule has 0 spiro atoms. The van der Waals surface area contributed by atoms with E-state index in [-0.39, 0.29) is 5.78 Å². The Bertz CT molecular complexity index is 311. The van der Waals surface area contributed by atoms with Crippen LogP contribution in [0.4, 0.5) is 0 Å². The summed E-state index contributed by atoms with van der Waals surface area (Å²) in [4.78, 5) is 11.4. The molecule has 0 N–H and O–H groups in total. The van der Waals surface area contributed by atoms with Gasteiger partial charge in [-0.1, -0.05) is 49.8 Å². The summed E-state index contributed by atoms with van der Waals surface area (Å²) in [7, 11) is 0. The maximum Gasteiger partial charge on any atom is 0.155 e. The first kappa shape index (κ1) is 11.7. The van der Waals surface area contributed by atoms with Crippen LogP contribution in [0, 0.1) is 0 Å². The van der Waals surface area contributed by atoms with Crippen molar-refractivity contribution in [2.24, 2.45) is 0 Å². The standard InChI is InChI=1S/C14H18O/c1-2-3-5-10-14(15)12-11-13-8-6-4-7-9-13/h4-10H,2-3,11-12H2,1H3/b10-5-. The molecule has 0 amide bonds. The molecule has 1 aromatic rings. The lowest BCUT2D eigenvalue weighted by molar-refractivity contribution is -0.114. The number of hydrogen-bond donors (Lipinski definition) is 0. The van der Waals surface area contributed by atoms with E-state index in [0.29, 0.717) is 6.42 Å². The summed E-state index contributed by atoms with van der Waals surface area (Å²) in [5.41, 5.74) is 1.23. The molecule has 0 radical (unpaired) electrons. The van der Waals surface area contributed by atoms with Gasteiger partial charge in [0.1, 0.15) is 0 Å². The van der Waals surface area contributed by atoms with Gasteiger partial charge in [0.15, 0.2) is 5.78 Å². The molecule has 0 aliphatic heterocycles. The van der Waals surface area contributed by atoms with Crippen LogP contribution in [0.5, 0.6) is 0 Å². The van der Waals surface area contributed by atoms with Gasteiger partial charge in [-0.05, 0) is 24.5 Å². The second-order valence-corrected chi connectivity index (χ2v) is 3.64. The van der Waals surface area contributed by atoms with Gasteiger partial charge in [0, 0.05) is 6.42 Å². The van der Waals surface area contributed by atoms with Crippen molar-refractivity contribution in [2.45, 2.75) is 32.6 Å². The molecule has 0 bridgehead atoms. The summed E-state index contributed by atoms with van der Waals surface area (Å²) in [5, 5.41) is 0. The zero-order valence-electron chi connectivity index (χ0n) is 9.28. The molecule has 0 unspecified atom stereocenters. The Morgan fingerprint density at radius 1 is 1.27 bits per heavy atom. The van der Waals surface area contributed by atoms with Crippen LogP contribution in [0.3, 0.4) is 0 Å². The summed E-state index contributed by atoms with van der Waals surface area (Å²) in [6.45, 7) is 2.11. The summed E-state index contributed by atoms with van der Waals surface area (Å²) < 4.78 is 0. The van der Waals surface area contributed by atoms with E-state index in [1.807, 2.05) is 24.3 Å². The monoisotopic (exact) mass is 202 g/mol. The molecule has 80 valence electrons. The summed E-state index contributed by atoms with van der Waals surface area (Å²) in [6, 6.07) is 10.1. The van der Waals surface area contributed by atoms with Crippen molar-refractivity contribution >= 4 is 5.78 Å². The van der Waals surface area contributed by atoms with Gasteiger partial charge < -0.3 is 0 Å². The number of carbonyl (C=O) groups excluding carboxylic acids is 1. The van der Waals surface area contributed by atoms with Crippen LogP contribution in [0.1, 0.15) is 31.7 Å². The molecule has 0 fully saturated rings. The number of aryl methyl sites for hydroxylation is 1. The van der Waals surface area contributed by atoms with Crippen LogP contribution in [0.25, 0.3) is 0 Å². The molecule has 0 aliphatic carbocycles. The Kier molecular flexibility index (Phi) is 5.46. The number of carbonyl (C=O) groups is 1. The Morgan fingerprint density at radius 2 is 2.00 bits per heavy atom. The third-order valence-corrected chi connectivity index (χ3v) is 2.26. The number of allylic oxidation sites excluding steroid dienone is 2. The number of unbranched alkanes of at least 4 members (excludes halogenated alkanes) is 1. The van der Waals surface area contributed by atoms with Crippen LogP contribution in [-0.4, -0.2) is 5.78 Å². The fourth-order valence-corrected chi connectivity index (χ4v) is 1.38. The molecule has 1 nitrogen and oxygen atoms in total. The maximum atomic E-state index is 11.4. The predicted molar refractivity (Wildman–Crippen MR) is 63.8 cm³/mol. The van der Waals surface area contributed by atoms with E-state index in [1.54, 1.807) is 6.08 Å². The summed E-state index contributed by atoms with van der Waals surface area (Å²) >= 11 is 0. The minimum atomic E-state index is 0.229. The van der Waals surface area contributed by atoms with Crippen LogP contribution >= 0.6 is 0 Å². The van der Waals surface area contributed by atoms with Crippen molar-refractivity contribution < 1.29 is 4.79 Å². The van der Waals surface area contributed by atoms with Crippen molar-refractivity contribution in [3.63, 3.8) is 0 Å². The first-order valence-electron chi connectivity index (χ1n) is 5.56. The van der Waals surface area contributed by atoms with Crippen LogP contribution in [0.15, 0.2) is 42.5 Å². The van der Waals surface area contributed by atoms with Gasteiger partial charge in [0.2, 0.25) is 0 Å². The average molecular weight is 202 g/mol. The Morgan fingerprint density at radius 3 is 2.67 bits per heavy atom. The smallest absolute Gasteiger partial charge is 0.155 e. The molecule has 1 rings (SSSR count). The van der Waals surface area contributed by atoms with Crippen molar-refractivity contribution in [3.8, 4) is 0 Å². The molecule has 0 aromatic heterocycles. The minimum absolute atomic E-state index is 0.229. The van der Waals surface area contributed by atoms with Gasteiger partial charge in [-0.25, -0.2) is 0 Å². The van der Waals surface area contributed by atoms with E-state index in [4.69, 9.17) is 0 Å². The van der Waals surface area contributed by atoms with Crippen molar-refractivity contribution in [2.75, 3.05) is 0 Å². The number of hydrogen-bond acceptors (Lipinski definition) is 1. The maximum absolute atomic E-state index is 11.4. The predicted octanol–water partition coefficient (Wildman–Crippen LogP) is 3.54. The van der Waals surface area contributed by atoms with Crippen molar-refractivity contribution in [1.29, 1.82) is 0 Å². The number of ketones is 1. The highest BCUT2D eigenvalue weighted by Crippen LogP contribution is 2.03. The Labute approximate surface area is 91.8 Å². The molecular weight excluding hydrogens is 184 g/mol. The molecular formula is C14H18O. The van der Waals surface area contributed by atoms with Crippen LogP contribution in [0.2, 0.25) is 0 Å². The van der Waals surface area contributed by atoms with E-state index in [2.05, 4.69) is 19.1 Å². The van der Waals surface area contributed by atoms with Gasteiger partial charge in [-0.15, -0.1) is 0 Å². The molecule has 15 heavy (non-hydrogen) atoms. The SMILES string of the molecule is CCC/C=C\C(=O)CCc1ccccc1. The zero-order valence-corrected chi connectivity index (χ0v) is 9.28. The van der Waals surface area contributed by atoms with Gasteiger partial charge in [-0.3, -0.25) is 4.79 Å². The lowest BCUT2D eigenvalue weighted by atomic mass is 10.1. The molecule has 0 atom stereocenters. The third-order valence-electron chi connectivity index (χ3n) is 2.26. The highest BCUT2D eigenvalue weighted by atomic mass is 16.1. The summed E-state index contributed by atoms with van der Waals surface area (Å²) in [6.07, 6.45) is 7.24. The quantitative estimate of drug-likeness (QED) is 0.645. The molecule has 1 heteroatoms. The largest absolute Gasteiger partial charge is 0.295 e. The van der Waals surface area contributed by atoms with E-state index >= 15 is 0 Å². The van der Waals surface area contributed by atoms with Gasteiger partial charge in [0.05, 0.1) is 0 Å². The fraction of sp³-hybridized carbons (Fsp3) is 0.357. The third kappa shape index (κ3) is 5.16. The van der Waals surface area contributed by atoms with Gasteiger partial charge >= 0.3 is 0 Å². The first-order chi connectivity index (χ1) is 7.33. The van der Waals surface area contributed by atoms with Crippen molar-refractivity contribution in [1.82, 2.24) is 0 Å². The molecule has 0 saturated heterocycles. The zero-order chi connectivity index (χ0) is 10.9. The number of benzene rings is 1. The van der Waals surface area contributed by atoms with E-state index < -0.39 is 0 Å².